The van der Waals surface area contributed by atoms with Crippen LogP contribution in [-0.4, -0.2) is 33.0 Å². The summed E-state index contributed by atoms with van der Waals surface area (Å²) in [4.78, 5) is 7.82. The number of hydrogen-bond donors (Lipinski definition) is 3. The van der Waals surface area contributed by atoms with Gasteiger partial charge in [0.15, 0.2) is 5.16 Å². The molecule has 0 bridgehead atoms. The average molecular weight is 279 g/mol. The maximum absolute atomic E-state index is 9.06. The van der Waals surface area contributed by atoms with Crippen LogP contribution in [0.25, 0.3) is 11.0 Å². The Bertz CT molecular complexity index is 491. The summed E-state index contributed by atoms with van der Waals surface area (Å²) in [7, 11) is 0. The van der Waals surface area contributed by atoms with Crippen LogP contribution >= 0.6 is 11.8 Å². The zero-order chi connectivity index (χ0) is 13.7. The molecule has 0 amide bonds. The molecule has 0 fully saturated rings. The van der Waals surface area contributed by atoms with Gasteiger partial charge in [0.05, 0.1) is 17.6 Å². The van der Waals surface area contributed by atoms with Crippen molar-refractivity contribution in [2.24, 2.45) is 5.73 Å². The molecular weight excluding hydrogens is 258 g/mol. The van der Waals surface area contributed by atoms with Crippen LogP contribution in [0.5, 0.6) is 0 Å². The summed E-state index contributed by atoms with van der Waals surface area (Å²) in [6.07, 6.45) is 2.96. The van der Waals surface area contributed by atoms with Gasteiger partial charge in [0, 0.05) is 11.3 Å². The maximum atomic E-state index is 9.06. The molecule has 4 N–H and O–H groups in total. The van der Waals surface area contributed by atoms with Crippen LogP contribution in [0.1, 0.15) is 26.2 Å². The normalized spacial score (nSPS) is 14.7. The van der Waals surface area contributed by atoms with Crippen molar-refractivity contribution < 1.29 is 5.11 Å². The van der Waals surface area contributed by atoms with Gasteiger partial charge in [0.1, 0.15) is 0 Å². The highest BCUT2D eigenvalue weighted by Gasteiger charge is 2.15. The van der Waals surface area contributed by atoms with Crippen molar-refractivity contribution >= 4 is 22.8 Å². The van der Waals surface area contributed by atoms with Gasteiger partial charge in [-0.25, -0.2) is 4.98 Å². The first-order valence-corrected chi connectivity index (χ1v) is 7.56. The quantitative estimate of drug-likeness (QED) is 0.538. The molecule has 104 valence electrons. The molecule has 1 atom stereocenters. The second kappa shape index (κ2) is 6.41. The number of nitrogens with zero attached hydrogens (tertiary/aromatic N) is 1. The molecule has 0 saturated carbocycles. The van der Waals surface area contributed by atoms with Crippen molar-refractivity contribution in [3.05, 3.63) is 24.3 Å². The number of fused-ring (bicyclic) bond motifs is 1. The summed E-state index contributed by atoms with van der Waals surface area (Å²) in [5, 5.41) is 10.0. The van der Waals surface area contributed by atoms with Crippen molar-refractivity contribution in [1.29, 1.82) is 0 Å². The molecule has 2 aromatic rings. The van der Waals surface area contributed by atoms with E-state index in [9.17, 15) is 0 Å². The predicted molar refractivity (Wildman–Crippen MR) is 80.3 cm³/mol. The first-order valence-electron chi connectivity index (χ1n) is 6.58. The van der Waals surface area contributed by atoms with Crippen LogP contribution in [-0.2, 0) is 0 Å². The Hall–Kier alpha value is -1.04. The molecule has 0 spiro atoms. The van der Waals surface area contributed by atoms with E-state index in [2.05, 4.69) is 9.97 Å². The molecule has 1 aromatic heterocycles. The van der Waals surface area contributed by atoms with Crippen LogP contribution in [0.4, 0.5) is 0 Å². The third-order valence-electron chi connectivity index (χ3n) is 3.11. The number of nitrogens with one attached hydrogen (secondary N) is 1. The molecule has 0 aliphatic carbocycles. The topological polar surface area (TPSA) is 74.9 Å². The lowest BCUT2D eigenvalue weighted by atomic mass is 9.98. The summed E-state index contributed by atoms with van der Waals surface area (Å²) >= 11 is 1.73. The maximum Gasteiger partial charge on any atom is 0.166 e. The molecule has 2 rings (SSSR count). The Kier molecular flexibility index (Phi) is 4.85. The van der Waals surface area contributed by atoms with Gasteiger partial charge in [-0.15, -0.1) is 0 Å². The molecule has 0 radical (unpaired) electrons. The minimum Gasteiger partial charge on any atom is -0.394 e. The SMILES string of the molecule is CC(N)(CO)CCCCSc1nc2ccccc2[nH]1. The number of thioether (sulfide) groups is 1. The van der Waals surface area contributed by atoms with Gasteiger partial charge in [-0.3, -0.25) is 0 Å². The smallest absolute Gasteiger partial charge is 0.166 e. The Morgan fingerprint density at radius 3 is 2.89 bits per heavy atom. The Morgan fingerprint density at radius 1 is 1.37 bits per heavy atom. The monoisotopic (exact) mass is 279 g/mol. The molecular formula is C14H21N3OS. The Labute approximate surface area is 117 Å². The predicted octanol–water partition coefficient (Wildman–Crippen LogP) is 2.54. The van der Waals surface area contributed by atoms with Gasteiger partial charge in [-0.1, -0.05) is 30.3 Å². The first kappa shape index (κ1) is 14.4. The first-order chi connectivity index (χ1) is 9.11. The molecule has 1 heterocycles. The third-order valence-corrected chi connectivity index (χ3v) is 4.07. The van der Waals surface area contributed by atoms with Gasteiger partial charge in [0.25, 0.3) is 0 Å². The standard InChI is InChI=1S/C14H21N3OS/c1-14(15,10-18)8-4-5-9-19-13-16-11-6-2-3-7-12(11)17-13/h2-3,6-7,18H,4-5,8-10,15H2,1H3,(H,16,17). The lowest BCUT2D eigenvalue weighted by Gasteiger charge is -2.20. The fourth-order valence-corrected chi connectivity index (χ4v) is 2.76. The molecule has 5 heteroatoms. The van der Waals surface area contributed by atoms with Gasteiger partial charge in [-0.05, 0) is 31.9 Å². The van der Waals surface area contributed by atoms with Crippen molar-refractivity contribution in [1.82, 2.24) is 9.97 Å². The highest BCUT2D eigenvalue weighted by Crippen LogP contribution is 2.21. The second-order valence-electron chi connectivity index (χ2n) is 5.18. The number of rotatable bonds is 7. The fourth-order valence-electron chi connectivity index (χ4n) is 1.88. The van der Waals surface area contributed by atoms with E-state index in [1.165, 1.54) is 0 Å². The van der Waals surface area contributed by atoms with E-state index in [4.69, 9.17) is 10.8 Å². The number of benzene rings is 1. The second-order valence-corrected chi connectivity index (χ2v) is 6.26. The molecule has 0 saturated heterocycles. The lowest BCUT2D eigenvalue weighted by Crippen LogP contribution is -2.39. The number of aromatic amines is 1. The molecule has 0 aliphatic rings. The van der Waals surface area contributed by atoms with Crippen molar-refractivity contribution in [2.45, 2.75) is 36.9 Å². The number of imidazole rings is 1. The number of aromatic nitrogens is 2. The number of aliphatic hydroxyl groups is 1. The van der Waals surface area contributed by atoms with Gasteiger partial charge >= 0.3 is 0 Å². The minimum absolute atomic E-state index is 0.0454. The largest absolute Gasteiger partial charge is 0.394 e. The number of hydrogen-bond acceptors (Lipinski definition) is 4. The fraction of sp³-hybridized carbons (Fsp3) is 0.500. The van der Waals surface area contributed by atoms with E-state index in [0.29, 0.717) is 0 Å². The Balaban J connectivity index is 1.74. The van der Waals surface area contributed by atoms with E-state index in [0.717, 1.165) is 41.2 Å². The zero-order valence-corrected chi connectivity index (χ0v) is 12.0. The van der Waals surface area contributed by atoms with Crippen LogP contribution in [0, 0.1) is 0 Å². The summed E-state index contributed by atoms with van der Waals surface area (Å²) in [5.41, 5.74) is 7.54. The average Bonchev–Trinajstić information content (AvgIpc) is 2.81. The number of aliphatic hydroxyl groups excluding tert-OH is 1. The van der Waals surface area contributed by atoms with E-state index < -0.39 is 5.54 Å². The minimum atomic E-state index is -0.440. The van der Waals surface area contributed by atoms with E-state index in [-0.39, 0.29) is 6.61 Å². The molecule has 4 nitrogen and oxygen atoms in total. The van der Waals surface area contributed by atoms with Gasteiger partial charge in [0.2, 0.25) is 0 Å². The van der Waals surface area contributed by atoms with Crippen LogP contribution in [0.2, 0.25) is 0 Å². The zero-order valence-electron chi connectivity index (χ0n) is 11.2. The number of H-pyrrole nitrogens is 1. The molecule has 0 aliphatic heterocycles. The highest BCUT2D eigenvalue weighted by atomic mass is 32.2. The summed E-state index contributed by atoms with van der Waals surface area (Å²) in [6, 6.07) is 8.05. The summed E-state index contributed by atoms with van der Waals surface area (Å²) < 4.78 is 0. The molecule has 1 aromatic carbocycles. The van der Waals surface area contributed by atoms with Crippen molar-refractivity contribution in [3.8, 4) is 0 Å². The molecule has 1 unspecified atom stereocenters. The van der Waals surface area contributed by atoms with E-state index in [1.807, 2.05) is 31.2 Å². The van der Waals surface area contributed by atoms with Crippen LogP contribution < -0.4 is 5.73 Å². The number of para-hydroxylation sites is 2. The van der Waals surface area contributed by atoms with E-state index in [1.54, 1.807) is 11.8 Å². The van der Waals surface area contributed by atoms with Crippen LogP contribution in [0.3, 0.4) is 0 Å². The van der Waals surface area contributed by atoms with E-state index >= 15 is 0 Å². The van der Waals surface area contributed by atoms with Crippen LogP contribution in [0.15, 0.2) is 29.4 Å². The summed E-state index contributed by atoms with van der Waals surface area (Å²) in [5.74, 6) is 1.02. The van der Waals surface area contributed by atoms with Crippen molar-refractivity contribution in [3.63, 3.8) is 0 Å². The summed E-state index contributed by atoms with van der Waals surface area (Å²) in [6.45, 7) is 1.93. The van der Waals surface area contributed by atoms with Gasteiger partial charge < -0.3 is 15.8 Å². The lowest BCUT2D eigenvalue weighted by molar-refractivity contribution is 0.198. The highest BCUT2D eigenvalue weighted by molar-refractivity contribution is 7.99. The molecule has 19 heavy (non-hydrogen) atoms. The van der Waals surface area contributed by atoms with Crippen molar-refractivity contribution in [2.75, 3.05) is 12.4 Å². The number of nitrogens with two attached hydrogens (primary N) is 1. The Morgan fingerprint density at radius 2 is 2.16 bits per heavy atom. The van der Waals surface area contributed by atoms with Gasteiger partial charge in [-0.2, -0.15) is 0 Å². The third kappa shape index (κ3) is 4.23. The number of unbranched alkanes of at least 4 members (excludes halogenated alkanes) is 1.